The second-order valence-electron chi connectivity index (χ2n) is 3.84. The van der Waals surface area contributed by atoms with Gasteiger partial charge in [0, 0.05) is 13.1 Å². The van der Waals surface area contributed by atoms with Gasteiger partial charge in [-0.2, -0.15) is 0 Å². The Balaban J connectivity index is 2.36. The highest BCUT2D eigenvalue weighted by atomic mass is 19.2. The van der Waals surface area contributed by atoms with Crippen molar-refractivity contribution >= 4 is 17.4 Å². The fraction of sp³-hybridized carbons (Fsp3) is 0.0833. The molecule has 5 nitrogen and oxygen atoms in total. The van der Waals surface area contributed by atoms with E-state index in [1.807, 2.05) is 0 Å². The zero-order chi connectivity index (χ0) is 15.6. The third-order valence-corrected chi connectivity index (χ3v) is 2.47. The number of carbonyl (C=O) groups excluding carboxylic acids is 1. The van der Waals surface area contributed by atoms with E-state index >= 15 is 0 Å². The van der Waals surface area contributed by atoms with Crippen molar-refractivity contribution in [1.29, 1.82) is 0 Å². The first kappa shape index (κ1) is 14.7. The van der Waals surface area contributed by atoms with Crippen LogP contribution in [0.4, 0.5) is 29.1 Å². The minimum atomic E-state index is -1.71. The van der Waals surface area contributed by atoms with Crippen molar-refractivity contribution in [2.75, 3.05) is 17.7 Å². The highest BCUT2D eigenvalue weighted by Gasteiger charge is 2.22. The van der Waals surface area contributed by atoms with E-state index in [2.05, 4.69) is 15.3 Å². The number of halogens is 4. The van der Waals surface area contributed by atoms with Crippen LogP contribution in [0.15, 0.2) is 18.5 Å². The number of aromatic nitrogens is 2. The van der Waals surface area contributed by atoms with Gasteiger partial charge in [0.1, 0.15) is 17.2 Å². The molecule has 0 unspecified atom stereocenters. The second kappa shape index (κ2) is 5.73. The molecule has 0 atom stereocenters. The molecule has 1 aromatic heterocycles. The third kappa shape index (κ3) is 2.91. The van der Waals surface area contributed by atoms with Gasteiger partial charge in [0.2, 0.25) is 0 Å². The predicted molar refractivity (Wildman–Crippen MR) is 65.8 cm³/mol. The maximum absolute atomic E-state index is 13.4. The summed E-state index contributed by atoms with van der Waals surface area (Å²) in [6.45, 7) is 0. The lowest BCUT2D eigenvalue weighted by Gasteiger charge is -2.09. The van der Waals surface area contributed by atoms with Gasteiger partial charge in [0.25, 0.3) is 5.91 Å². The number of benzene rings is 1. The fourth-order valence-electron chi connectivity index (χ4n) is 1.46. The Morgan fingerprint density at radius 2 is 1.71 bits per heavy atom. The van der Waals surface area contributed by atoms with Crippen LogP contribution in [-0.4, -0.2) is 22.9 Å². The molecule has 2 aromatic rings. The SMILES string of the molecule is CNc1cncc(C(=O)Nc2c(F)c(F)cc(F)c2F)n1. The smallest absolute Gasteiger partial charge is 0.276 e. The van der Waals surface area contributed by atoms with Crippen molar-refractivity contribution < 1.29 is 22.4 Å². The van der Waals surface area contributed by atoms with Crippen molar-refractivity contribution in [2.45, 2.75) is 0 Å². The maximum atomic E-state index is 13.4. The van der Waals surface area contributed by atoms with Gasteiger partial charge in [0.15, 0.2) is 23.3 Å². The highest BCUT2D eigenvalue weighted by molar-refractivity contribution is 6.03. The molecule has 2 rings (SSSR count). The molecule has 1 amide bonds. The molecule has 0 aliphatic heterocycles. The summed E-state index contributed by atoms with van der Waals surface area (Å²) >= 11 is 0. The summed E-state index contributed by atoms with van der Waals surface area (Å²) in [4.78, 5) is 19.2. The van der Waals surface area contributed by atoms with Gasteiger partial charge in [-0.05, 0) is 0 Å². The van der Waals surface area contributed by atoms with Crippen LogP contribution in [0, 0.1) is 23.3 Å². The molecule has 0 fully saturated rings. The second-order valence-corrected chi connectivity index (χ2v) is 3.84. The number of nitrogens with zero attached hydrogens (tertiary/aromatic N) is 2. The lowest BCUT2D eigenvalue weighted by Crippen LogP contribution is -2.17. The Bertz CT molecular complexity index is 682. The molecule has 0 radical (unpaired) electrons. The Hall–Kier alpha value is -2.71. The van der Waals surface area contributed by atoms with Crippen molar-refractivity contribution in [3.05, 3.63) is 47.4 Å². The number of carbonyl (C=O) groups is 1. The Morgan fingerprint density at radius 3 is 2.29 bits per heavy atom. The lowest BCUT2D eigenvalue weighted by molar-refractivity contribution is 0.102. The van der Waals surface area contributed by atoms with E-state index in [-0.39, 0.29) is 17.6 Å². The predicted octanol–water partition coefficient (Wildman–Crippen LogP) is 2.33. The van der Waals surface area contributed by atoms with Gasteiger partial charge < -0.3 is 10.6 Å². The van der Waals surface area contributed by atoms with E-state index in [1.165, 1.54) is 13.2 Å². The van der Waals surface area contributed by atoms with Crippen LogP contribution in [0.25, 0.3) is 0 Å². The van der Waals surface area contributed by atoms with Gasteiger partial charge in [0.05, 0.1) is 12.4 Å². The highest BCUT2D eigenvalue weighted by Crippen LogP contribution is 2.24. The van der Waals surface area contributed by atoms with Crippen LogP contribution in [0.5, 0.6) is 0 Å². The average Bonchev–Trinajstić information content (AvgIpc) is 2.49. The van der Waals surface area contributed by atoms with E-state index in [1.54, 1.807) is 5.32 Å². The molecule has 1 heterocycles. The number of amides is 1. The van der Waals surface area contributed by atoms with Gasteiger partial charge in [-0.15, -0.1) is 0 Å². The quantitative estimate of drug-likeness (QED) is 0.674. The summed E-state index contributed by atoms with van der Waals surface area (Å²) in [5.41, 5.74) is -1.51. The summed E-state index contributed by atoms with van der Waals surface area (Å²) in [5, 5.41) is 4.33. The molecule has 2 N–H and O–H groups in total. The van der Waals surface area contributed by atoms with E-state index in [0.717, 1.165) is 6.20 Å². The number of anilines is 2. The van der Waals surface area contributed by atoms with Gasteiger partial charge in [-0.1, -0.05) is 0 Å². The summed E-state index contributed by atoms with van der Waals surface area (Å²) in [6, 6.07) is 0.0434. The molecule has 21 heavy (non-hydrogen) atoms. The zero-order valence-electron chi connectivity index (χ0n) is 10.5. The van der Waals surface area contributed by atoms with Crippen LogP contribution in [-0.2, 0) is 0 Å². The fourth-order valence-corrected chi connectivity index (χ4v) is 1.46. The number of hydrogen-bond acceptors (Lipinski definition) is 4. The first-order chi connectivity index (χ1) is 9.93. The van der Waals surface area contributed by atoms with Crippen LogP contribution in [0.1, 0.15) is 10.5 Å². The standard InChI is InChI=1S/C12H8F4N4O/c1-17-8-4-18-3-7(19-8)12(21)20-11-9(15)5(13)2-6(14)10(11)16/h2-4H,1H3,(H,17,19)(H,20,21). The number of hydrogen-bond donors (Lipinski definition) is 2. The number of nitrogens with one attached hydrogen (secondary N) is 2. The average molecular weight is 300 g/mol. The normalized spacial score (nSPS) is 10.3. The molecule has 0 spiro atoms. The van der Waals surface area contributed by atoms with Crippen LogP contribution < -0.4 is 10.6 Å². The molecule has 9 heteroatoms. The topological polar surface area (TPSA) is 66.9 Å². The van der Waals surface area contributed by atoms with Crippen LogP contribution in [0.2, 0.25) is 0 Å². The lowest BCUT2D eigenvalue weighted by atomic mass is 10.2. The van der Waals surface area contributed by atoms with E-state index < -0.39 is 34.9 Å². The summed E-state index contributed by atoms with van der Waals surface area (Å²) in [6.07, 6.45) is 2.33. The molecule has 0 saturated carbocycles. The summed E-state index contributed by atoms with van der Waals surface area (Å²) in [5.74, 6) is -7.50. The molecular weight excluding hydrogens is 292 g/mol. The third-order valence-electron chi connectivity index (χ3n) is 2.47. The Labute approximate surface area is 116 Å². The van der Waals surface area contributed by atoms with E-state index in [4.69, 9.17) is 0 Å². The van der Waals surface area contributed by atoms with E-state index in [0.29, 0.717) is 0 Å². The molecule has 110 valence electrons. The molecular formula is C12H8F4N4O. The maximum Gasteiger partial charge on any atom is 0.276 e. The van der Waals surface area contributed by atoms with Crippen molar-refractivity contribution in [3.8, 4) is 0 Å². The van der Waals surface area contributed by atoms with Crippen molar-refractivity contribution in [3.63, 3.8) is 0 Å². The summed E-state index contributed by atoms with van der Waals surface area (Å²) < 4.78 is 52.9. The van der Waals surface area contributed by atoms with Crippen molar-refractivity contribution in [1.82, 2.24) is 9.97 Å². The largest absolute Gasteiger partial charge is 0.372 e. The Morgan fingerprint density at radius 1 is 1.10 bits per heavy atom. The molecule has 0 bridgehead atoms. The molecule has 0 aliphatic carbocycles. The molecule has 1 aromatic carbocycles. The summed E-state index contributed by atoms with van der Waals surface area (Å²) in [7, 11) is 1.52. The molecule has 0 aliphatic rings. The molecule has 0 saturated heterocycles. The van der Waals surface area contributed by atoms with E-state index in [9.17, 15) is 22.4 Å². The minimum Gasteiger partial charge on any atom is -0.372 e. The van der Waals surface area contributed by atoms with Crippen LogP contribution >= 0.6 is 0 Å². The van der Waals surface area contributed by atoms with Crippen molar-refractivity contribution in [2.24, 2.45) is 0 Å². The monoisotopic (exact) mass is 300 g/mol. The Kier molecular flexibility index (Phi) is 4.01. The first-order valence-electron chi connectivity index (χ1n) is 5.58. The van der Waals surface area contributed by atoms with Gasteiger partial charge >= 0.3 is 0 Å². The minimum absolute atomic E-state index is 0.0434. The van der Waals surface area contributed by atoms with Gasteiger partial charge in [-0.3, -0.25) is 9.78 Å². The van der Waals surface area contributed by atoms with Crippen LogP contribution in [0.3, 0.4) is 0 Å². The zero-order valence-corrected chi connectivity index (χ0v) is 10.5. The van der Waals surface area contributed by atoms with Gasteiger partial charge in [-0.25, -0.2) is 22.5 Å². The first-order valence-corrected chi connectivity index (χ1v) is 5.58. The number of rotatable bonds is 3.